The van der Waals surface area contributed by atoms with Crippen LogP contribution in [0.15, 0.2) is 18.2 Å². The standard InChI is InChI=1S/C11H11NO3S/c1-14-8-3-4-9(11(5-8)15-2)10(13)6-16-7-12/h3-5H,6H2,1-2H3. The lowest BCUT2D eigenvalue weighted by molar-refractivity contribution is 0.102. The molecule has 0 aliphatic heterocycles. The molecule has 0 unspecified atom stereocenters. The van der Waals surface area contributed by atoms with Crippen molar-refractivity contribution in [2.75, 3.05) is 20.0 Å². The van der Waals surface area contributed by atoms with Crippen LogP contribution in [0.3, 0.4) is 0 Å². The number of rotatable bonds is 5. The molecule has 0 radical (unpaired) electrons. The lowest BCUT2D eigenvalue weighted by Gasteiger charge is -2.08. The summed E-state index contributed by atoms with van der Waals surface area (Å²) in [6, 6.07) is 4.97. The van der Waals surface area contributed by atoms with Crippen molar-refractivity contribution in [3.63, 3.8) is 0 Å². The van der Waals surface area contributed by atoms with Gasteiger partial charge in [0, 0.05) is 6.07 Å². The summed E-state index contributed by atoms with van der Waals surface area (Å²) in [7, 11) is 3.03. The van der Waals surface area contributed by atoms with Crippen LogP contribution < -0.4 is 9.47 Å². The van der Waals surface area contributed by atoms with Gasteiger partial charge in [0.15, 0.2) is 5.78 Å². The van der Waals surface area contributed by atoms with Crippen LogP contribution in [-0.4, -0.2) is 25.8 Å². The van der Waals surface area contributed by atoms with Gasteiger partial charge in [-0.1, -0.05) is 0 Å². The van der Waals surface area contributed by atoms with Crippen LogP contribution in [0.2, 0.25) is 0 Å². The molecule has 84 valence electrons. The highest BCUT2D eigenvalue weighted by Crippen LogP contribution is 2.25. The van der Waals surface area contributed by atoms with Gasteiger partial charge in [-0.2, -0.15) is 5.26 Å². The van der Waals surface area contributed by atoms with Crippen LogP contribution in [0.25, 0.3) is 0 Å². The zero-order valence-electron chi connectivity index (χ0n) is 9.02. The first-order valence-electron chi connectivity index (χ1n) is 4.49. The molecule has 0 fully saturated rings. The molecule has 0 N–H and O–H groups in total. The van der Waals surface area contributed by atoms with Crippen molar-refractivity contribution in [1.29, 1.82) is 5.26 Å². The SMILES string of the molecule is COc1ccc(C(=O)CSC#N)c(OC)c1. The summed E-state index contributed by atoms with van der Waals surface area (Å²) < 4.78 is 10.1. The van der Waals surface area contributed by atoms with E-state index in [1.165, 1.54) is 7.11 Å². The smallest absolute Gasteiger partial charge is 0.177 e. The molecule has 0 spiro atoms. The summed E-state index contributed by atoms with van der Waals surface area (Å²) in [6.07, 6.45) is 0. The summed E-state index contributed by atoms with van der Waals surface area (Å²) in [6.45, 7) is 0. The van der Waals surface area contributed by atoms with Gasteiger partial charge < -0.3 is 9.47 Å². The Bertz CT molecular complexity index is 426. The number of methoxy groups -OCH3 is 2. The van der Waals surface area contributed by atoms with Crippen molar-refractivity contribution < 1.29 is 14.3 Å². The van der Waals surface area contributed by atoms with E-state index in [4.69, 9.17) is 14.7 Å². The molecule has 0 amide bonds. The van der Waals surface area contributed by atoms with E-state index in [9.17, 15) is 4.79 Å². The Morgan fingerprint density at radius 3 is 2.75 bits per heavy atom. The summed E-state index contributed by atoms with van der Waals surface area (Å²) in [5, 5.41) is 10.2. The molecule has 0 atom stereocenters. The summed E-state index contributed by atoms with van der Waals surface area (Å²) >= 11 is 0.909. The lowest BCUT2D eigenvalue weighted by atomic mass is 10.1. The van der Waals surface area contributed by atoms with Gasteiger partial charge in [-0.25, -0.2) is 0 Å². The van der Waals surface area contributed by atoms with Crippen LogP contribution in [0.1, 0.15) is 10.4 Å². The molecule has 0 bridgehead atoms. The van der Waals surface area contributed by atoms with Crippen molar-refractivity contribution >= 4 is 17.5 Å². The minimum absolute atomic E-state index is 0.124. The Kier molecular flexibility index (Phi) is 4.67. The number of carbonyl (C=O) groups is 1. The number of ether oxygens (including phenoxy) is 2. The van der Waals surface area contributed by atoms with E-state index in [-0.39, 0.29) is 11.5 Å². The van der Waals surface area contributed by atoms with E-state index in [1.54, 1.807) is 25.3 Å². The van der Waals surface area contributed by atoms with Gasteiger partial charge in [0.25, 0.3) is 0 Å². The minimum atomic E-state index is -0.133. The van der Waals surface area contributed by atoms with E-state index < -0.39 is 0 Å². The Morgan fingerprint density at radius 2 is 2.19 bits per heavy atom. The van der Waals surface area contributed by atoms with E-state index >= 15 is 0 Å². The number of nitriles is 1. The predicted molar refractivity (Wildman–Crippen MR) is 61.9 cm³/mol. The maximum absolute atomic E-state index is 11.7. The average Bonchev–Trinajstić information content (AvgIpc) is 2.34. The maximum atomic E-state index is 11.7. The first-order chi connectivity index (χ1) is 7.72. The first kappa shape index (κ1) is 12.4. The molecule has 0 aliphatic rings. The monoisotopic (exact) mass is 237 g/mol. The molecule has 5 heteroatoms. The van der Waals surface area contributed by atoms with E-state index in [0.717, 1.165) is 11.8 Å². The molecule has 4 nitrogen and oxygen atoms in total. The lowest BCUT2D eigenvalue weighted by Crippen LogP contribution is -2.04. The summed E-state index contributed by atoms with van der Waals surface area (Å²) in [5.41, 5.74) is 0.464. The van der Waals surface area contributed by atoms with Crippen molar-refractivity contribution in [1.82, 2.24) is 0 Å². The highest BCUT2D eigenvalue weighted by Gasteiger charge is 2.13. The highest BCUT2D eigenvalue weighted by molar-refractivity contribution is 8.04. The van der Waals surface area contributed by atoms with Gasteiger partial charge in [-0.05, 0) is 23.9 Å². The number of benzene rings is 1. The van der Waals surface area contributed by atoms with Crippen LogP contribution in [0.5, 0.6) is 11.5 Å². The molecule has 1 rings (SSSR count). The molecule has 1 aromatic rings. The fourth-order valence-electron chi connectivity index (χ4n) is 1.20. The number of thiocyanates is 1. The Hall–Kier alpha value is -1.67. The fourth-order valence-corrected chi connectivity index (χ4v) is 1.56. The molecular formula is C11H11NO3S. The van der Waals surface area contributed by atoms with Crippen molar-refractivity contribution in [2.45, 2.75) is 0 Å². The minimum Gasteiger partial charge on any atom is -0.497 e. The van der Waals surface area contributed by atoms with E-state index in [0.29, 0.717) is 17.1 Å². The van der Waals surface area contributed by atoms with Crippen LogP contribution in [-0.2, 0) is 0 Å². The van der Waals surface area contributed by atoms with E-state index in [2.05, 4.69) is 0 Å². The zero-order chi connectivity index (χ0) is 12.0. The van der Waals surface area contributed by atoms with Crippen molar-refractivity contribution in [3.05, 3.63) is 23.8 Å². The highest BCUT2D eigenvalue weighted by atomic mass is 32.2. The molecule has 0 saturated carbocycles. The number of Topliss-reactive ketones (excluding diaryl/α,β-unsaturated/α-hetero) is 1. The van der Waals surface area contributed by atoms with Crippen molar-refractivity contribution in [3.8, 4) is 16.9 Å². The largest absolute Gasteiger partial charge is 0.497 e. The third kappa shape index (κ3) is 2.91. The quantitative estimate of drug-likeness (QED) is 0.579. The van der Waals surface area contributed by atoms with Gasteiger partial charge in [0.05, 0.1) is 25.5 Å². The van der Waals surface area contributed by atoms with Gasteiger partial charge in [0.1, 0.15) is 16.9 Å². The molecule has 16 heavy (non-hydrogen) atoms. The molecule has 0 saturated heterocycles. The second kappa shape index (κ2) is 6.03. The second-order valence-corrected chi connectivity index (χ2v) is 3.63. The normalized spacial score (nSPS) is 9.31. The van der Waals surface area contributed by atoms with Gasteiger partial charge in [-0.3, -0.25) is 4.79 Å². The Morgan fingerprint density at radius 1 is 1.44 bits per heavy atom. The number of thioether (sulfide) groups is 1. The fraction of sp³-hybridized carbons (Fsp3) is 0.273. The molecule has 0 aliphatic carbocycles. The Balaban J connectivity index is 2.95. The summed E-state index contributed by atoms with van der Waals surface area (Å²) in [5.74, 6) is 1.08. The number of hydrogen-bond acceptors (Lipinski definition) is 5. The number of hydrogen-bond donors (Lipinski definition) is 0. The van der Waals surface area contributed by atoms with Gasteiger partial charge in [-0.15, -0.1) is 0 Å². The molecule has 1 aromatic carbocycles. The van der Waals surface area contributed by atoms with Gasteiger partial charge >= 0.3 is 0 Å². The van der Waals surface area contributed by atoms with Crippen molar-refractivity contribution in [2.24, 2.45) is 0 Å². The third-order valence-corrected chi connectivity index (χ3v) is 2.51. The molecular weight excluding hydrogens is 226 g/mol. The van der Waals surface area contributed by atoms with Gasteiger partial charge in [0.2, 0.25) is 0 Å². The third-order valence-electron chi connectivity index (χ3n) is 1.98. The first-order valence-corrected chi connectivity index (χ1v) is 5.47. The van der Waals surface area contributed by atoms with E-state index in [1.807, 2.05) is 5.40 Å². The van der Waals surface area contributed by atoms with Crippen LogP contribution in [0.4, 0.5) is 0 Å². The zero-order valence-corrected chi connectivity index (χ0v) is 9.84. The molecule has 0 heterocycles. The topological polar surface area (TPSA) is 59.3 Å². The number of ketones is 1. The predicted octanol–water partition coefficient (Wildman–Crippen LogP) is 2.10. The second-order valence-electron chi connectivity index (χ2n) is 2.87. The average molecular weight is 237 g/mol. The number of nitrogens with zero attached hydrogens (tertiary/aromatic N) is 1. The summed E-state index contributed by atoms with van der Waals surface area (Å²) in [4.78, 5) is 11.7. The molecule has 0 aromatic heterocycles. The Labute approximate surface area is 98.2 Å². The van der Waals surface area contributed by atoms with Crippen LogP contribution >= 0.6 is 11.8 Å². The number of carbonyl (C=O) groups excluding carboxylic acids is 1. The van der Waals surface area contributed by atoms with Crippen LogP contribution in [0, 0.1) is 10.7 Å². The maximum Gasteiger partial charge on any atom is 0.177 e.